The summed E-state index contributed by atoms with van der Waals surface area (Å²) in [5.74, 6) is -5.42. The molecule has 23 heavy (non-hydrogen) atoms. The number of carbonyl (C=O) groups excluding carboxylic acids is 2. The summed E-state index contributed by atoms with van der Waals surface area (Å²) in [7, 11) is 0. The van der Waals surface area contributed by atoms with E-state index in [1.807, 2.05) is 6.07 Å². The van der Waals surface area contributed by atoms with E-state index in [0.717, 1.165) is 5.56 Å². The fraction of sp³-hybridized carbons (Fsp3) is 0.231. The van der Waals surface area contributed by atoms with Gasteiger partial charge in [-0.2, -0.15) is 13.2 Å². The van der Waals surface area contributed by atoms with Gasteiger partial charge in [-0.1, -0.05) is 30.3 Å². The Hall–Kier alpha value is -2.75. The van der Waals surface area contributed by atoms with Crippen molar-refractivity contribution in [2.75, 3.05) is 0 Å². The number of halogens is 3. The van der Waals surface area contributed by atoms with E-state index >= 15 is 0 Å². The number of rotatable bonds is 4. The van der Waals surface area contributed by atoms with E-state index in [2.05, 4.69) is 14.9 Å². The molecule has 0 saturated carbocycles. The van der Waals surface area contributed by atoms with E-state index in [1.54, 1.807) is 24.3 Å². The maximum absolute atomic E-state index is 12.0. The summed E-state index contributed by atoms with van der Waals surface area (Å²) in [5, 5.41) is 6.69. The third-order valence-corrected chi connectivity index (χ3v) is 2.65. The van der Waals surface area contributed by atoms with Crippen LogP contribution in [0.1, 0.15) is 28.2 Å². The molecule has 1 heterocycles. The molecule has 0 bridgehead atoms. The first-order chi connectivity index (χ1) is 10.8. The molecular weight excluding hydrogens is 319 g/mol. The Bertz CT molecular complexity index is 700. The fourth-order valence-corrected chi connectivity index (χ4v) is 1.61. The van der Waals surface area contributed by atoms with E-state index < -0.39 is 30.0 Å². The predicted molar refractivity (Wildman–Crippen MR) is 67.8 cm³/mol. The normalized spacial score (nSPS) is 12.7. The van der Waals surface area contributed by atoms with Crippen LogP contribution in [0.4, 0.5) is 13.2 Å². The molecule has 2 rings (SSSR count). The van der Waals surface area contributed by atoms with E-state index in [4.69, 9.17) is 10.2 Å². The molecule has 0 saturated heterocycles. The molecule has 0 radical (unpaired) electrons. The molecule has 122 valence electrons. The molecule has 0 amide bonds. The summed E-state index contributed by atoms with van der Waals surface area (Å²) in [6.45, 7) is 0. The molecule has 1 atom stereocenters. The zero-order valence-corrected chi connectivity index (χ0v) is 11.4. The summed E-state index contributed by atoms with van der Waals surface area (Å²) in [6.07, 6.45) is -5.00. The molecule has 1 aromatic carbocycles. The van der Waals surface area contributed by atoms with Crippen molar-refractivity contribution in [3.63, 3.8) is 0 Å². The van der Waals surface area contributed by atoms with Crippen LogP contribution in [0.3, 0.4) is 0 Å². The molecule has 10 heteroatoms. The van der Waals surface area contributed by atoms with Crippen molar-refractivity contribution in [3.05, 3.63) is 47.7 Å². The second-order valence-corrected chi connectivity index (χ2v) is 4.42. The zero-order valence-electron chi connectivity index (χ0n) is 11.4. The standard InChI is InChI=1S/C13H10F3N3O4/c14-13(15,16)12(21)23-11(20)10-19-18-9(22-10)8(17)6-7-4-2-1-3-5-7/h1-5,8H,6,17H2. The number of nitrogens with two attached hydrogens (primary N) is 1. The average molecular weight is 329 g/mol. The van der Waals surface area contributed by atoms with Gasteiger partial charge in [0.2, 0.25) is 5.89 Å². The zero-order chi connectivity index (χ0) is 17.0. The van der Waals surface area contributed by atoms with Gasteiger partial charge in [0.15, 0.2) is 0 Å². The lowest BCUT2D eigenvalue weighted by Gasteiger charge is -2.06. The summed E-state index contributed by atoms with van der Waals surface area (Å²) < 4.78 is 44.4. The van der Waals surface area contributed by atoms with Gasteiger partial charge >= 0.3 is 24.0 Å². The van der Waals surface area contributed by atoms with Crippen molar-refractivity contribution < 1.29 is 31.9 Å². The Labute approximate surface area is 127 Å². The predicted octanol–water partition coefficient (Wildman–Crippen LogP) is 1.56. The van der Waals surface area contributed by atoms with Crippen molar-refractivity contribution >= 4 is 11.9 Å². The lowest BCUT2D eigenvalue weighted by Crippen LogP contribution is -2.28. The minimum Gasteiger partial charge on any atom is -0.414 e. The first-order valence-corrected chi connectivity index (χ1v) is 6.23. The monoisotopic (exact) mass is 329 g/mol. The summed E-state index contributed by atoms with van der Waals surface area (Å²) in [6, 6.07) is 8.22. The van der Waals surface area contributed by atoms with Crippen LogP contribution in [-0.2, 0) is 16.0 Å². The average Bonchev–Trinajstić information content (AvgIpc) is 2.97. The summed E-state index contributed by atoms with van der Waals surface area (Å²) >= 11 is 0. The second-order valence-electron chi connectivity index (χ2n) is 4.42. The van der Waals surface area contributed by atoms with Crippen LogP contribution in [-0.4, -0.2) is 28.3 Å². The van der Waals surface area contributed by atoms with E-state index in [-0.39, 0.29) is 5.89 Å². The van der Waals surface area contributed by atoms with Crippen LogP contribution in [0.2, 0.25) is 0 Å². The number of ether oxygens (including phenoxy) is 1. The second kappa shape index (κ2) is 6.57. The van der Waals surface area contributed by atoms with Crippen LogP contribution in [0.15, 0.2) is 34.7 Å². The highest BCUT2D eigenvalue weighted by atomic mass is 19.4. The van der Waals surface area contributed by atoms with Gasteiger partial charge in [0, 0.05) is 0 Å². The molecular formula is C13H10F3N3O4. The van der Waals surface area contributed by atoms with Crippen LogP contribution in [0, 0.1) is 0 Å². The highest BCUT2D eigenvalue weighted by Gasteiger charge is 2.43. The number of nitrogens with zero attached hydrogens (tertiary/aromatic N) is 2. The molecule has 0 aliphatic carbocycles. The number of aromatic nitrogens is 2. The van der Waals surface area contributed by atoms with Crippen molar-refractivity contribution in [1.82, 2.24) is 10.2 Å². The van der Waals surface area contributed by atoms with Gasteiger partial charge < -0.3 is 14.9 Å². The number of hydrogen-bond acceptors (Lipinski definition) is 7. The number of hydrogen-bond donors (Lipinski definition) is 1. The molecule has 1 unspecified atom stereocenters. The smallest absolute Gasteiger partial charge is 0.414 e. The molecule has 0 spiro atoms. The molecule has 2 N–H and O–H groups in total. The van der Waals surface area contributed by atoms with Crippen molar-refractivity contribution in [1.29, 1.82) is 0 Å². The molecule has 1 aromatic heterocycles. The summed E-state index contributed by atoms with van der Waals surface area (Å²) in [5.41, 5.74) is 6.67. The van der Waals surface area contributed by atoms with Gasteiger partial charge in [-0.25, -0.2) is 9.59 Å². The summed E-state index contributed by atoms with van der Waals surface area (Å²) in [4.78, 5) is 21.9. The van der Waals surface area contributed by atoms with Gasteiger partial charge in [0.1, 0.15) is 0 Å². The van der Waals surface area contributed by atoms with Crippen molar-refractivity contribution in [2.45, 2.75) is 18.6 Å². The first kappa shape index (κ1) is 16.6. The Balaban J connectivity index is 2.02. The van der Waals surface area contributed by atoms with Crippen LogP contribution >= 0.6 is 0 Å². The Morgan fingerprint density at radius 2 is 1.87 bits per heavy atom. The topological polar surface area (TPSA) is 108 Å². The van der Waals surface area contributed by atoms with Gasteiger partial charge in [0.25, 0.3) is 0 Å². The SMILES string of the molecule is NC(Cc1ccccc1)c1nnc(C(=O)OC(=O)C(F)(F)F)o1. The fourth-order valence-electron chi connectivity index (χ4n) is 1.61. The van der Waals surface area contributed by atoms with Gasteiger partial charge in [0.05, 0.1) is 6.04 Å². The maximum atomic E-state index is 12.0. The third kappa shape index (κ3) is 4.36. The van der Waals surface area contributed by atoms with E-state index in [9.17, 15) is 22.8 Å². The largest absolute Gasteiger partial charge is 0.491 e. The lowest BCUT2D eigenvalue weighted by molar-refractivity contribution is -0.193. The molecule has 2 aromatic rings. The molecule has 0 aliphatic heterocycles. The molecule has 0 aliphatic rings. The van der Waals surface area contributed by atoms with Gasteiger partial charge in [-0.3, -0.25) is 0 Å². The van der Waals surface area contributed by atoms with Gasteiger partial charge in [-0.15, -0.1) is 10.2 Å². The number of carbonyl (C=O) groups is 2. The van der Waals surface area contributed by atoms with Gasteiger partial charge in [-0.05, 0) is 12.0 Å². The van der Waals surface area contributed by atoms with E-state index in [1.165, 1.54) is 0 Å². The van der Waals surface area contributed by atoms with Crippen LogP contribution in [0.5, 0.6) is 0 Å². The number of benzene rings is 1. The quantitative estimate of drug-likeness (QED) is 0.669. The molecule has 0 fully saturated rings. The Morgan fingerprint density at radius 1 is 1.22 bits per heavy atom. The highest BCUT2D eigenvalue weighted by molar-refractivity contribution is 5.95. The van der Waals surface area contributed by atoms with Crippen LogP contribution < -0.4 is 5.73 Å². The van der Waals surface area contributed by atoms with Crippen molar-refractivity contribution in [3.8, 4) is 0 Å². The number of esters is 2. The highest BCUT2D eigenvalue weighted by Crippen LogP contribution is 2.19. The number of alkyl halides is 3. The van der Waals surface area contributed by atoms with Crippen LogP contribution in [0.25, 0.3) is 0 Å². The minimum atomic E-state index is -5.30. The lowest BCUT2D eigenvalue weighted by atomic mass is 10.1. The Kier molecular flexibility index (Phi) is 4.74. The maximum Gasteiger partial charge on any atom is 0.491 e. The van der Waals surface area contributed by atoms with E-state index in [0.29, 0.717) is 6.42 Å². The third-order valence-electron chi connectivity index (χ3n) is 2.65. The molecule has 7 nitrogen and oxygen atoms in total. The minimum absolute atomic E-state index is 0.166. The Morgan fingerprint density at radius 3 is 2.48 bits per heavy atom. The van der Waals surface area contributed by atoms with Crippen molar-refractivity contribution in [2.24, 2.45) is 5.73 Å². The first-order valence-electron chi connectivity index (χ1n) is 6.23.